The van der Waals surface area contributed by atoms with Gasteiger partial charge in [-0.25, -0.2) is 0 Å². The van der Waals surface area contributed by atoms with E-state index in [4.69, 9.17) is 5.73 Å². The second-order valence-electron chi connectivity index (χ2n) is 4.92. The minimum absolute atomic E-state index is 0.190. The van der Waals surface area contributed by atoms with Gasteiger partial charge in [0.2, 0.25) is 0 Å². The Morgan fingerprint density at radius 3 is 2.38 bits per heavy atom. The van der Waals surface area contributed by atoms with E-state index in [1.54, 1.807) is 0 Å². The number of benzene rings is 1. The lowest BCUT2D eigenvalue weighted by atomic mass is 9.65. The predicted molar refractivity (Wildman–Crippen MR) is 65.2 cm³/mol. The molecule has 1 aliphatic rings. The Morgan fingerprint density at radius 2 is 1.94 bits per heavy atom. The first-order valence-corrected chi connectivity index (χ1v) is 5.95. The molecule has 2 N–H and O–H groups in total. The fourth-order valence-corrected chi connectivity index (χ4v) is 2.28. The average Bonchev–Trinajstić information content (AvgIpc) is 2.21. The molecule has 0 aromatic heterocycles. The lowest BCUT2D eigenvalue weighted by Crippen LogP contribution is -2.45. The van der Waals surface area contributed by atoms with Crippen molar-refractivity contribution < 1.29 is 4.79 Å². The third-order valence-electron chi connectivity index (χ3n) is 3.78. The molecule has 1 saturated carbocycles. The van der Waals surface area contributed by atoms with E-state index in [0.717, 1.165) is 24.8 Å². The molecule has 0 amide bonds. The summed E-state index contributed by atoms with van der Waals surface area (Å²) in [5, 5.41) is 0. The maximum absolute atomic E-state index is 12.2. The van der Waals surface area contributed by atoms with Crippen molar-refractivity contribution in [3.63, 3.8) is 0 Å². The minimum atomic E-state index is -0.190. The van der Waals surface area contributed by atoms with Crippen LogP contribution in [0.4, 0.5) is 0 Å². The molecule has 0 heterocycles. The molecule has 86 valence electrons. The number of hydrogen-bond acceptors (Lipinski definition) is 2. The van der Waals surface area contributed by atoms with E-state index in [2.05, 4.69) is 19.1 Å². The molecule has 1 fully saturated rings. The zero-order valence-electron chi connectivity index (χ0n) is 9.83. The first kappa shape index (κ1) is 11.3. The van der Waals surface area contributed by atoms with Crippen LogP contribution in [0.3, 0.4) is 0 Å². The van der Waals surface area contributed by atoms with E-state index in [1.165, 1.54) is 5.56 Å². The number of hydrogen-bond donors (Lipinski definition) is 1. The molecule has 2 nitrogen and oxygen atoms in total. The van der Waals surface area contributed by atoms with E-state index in [1.807, 2.05) is 12.1 Å². The van der Waals surface area contributed by atoms with Crippen LogP contribution in [0, 0.1) is 12.3 Å². The van der Waals surface area contributed by atoms with Crippen LogP contribution in [0.1, 0.15) is 30.4 Å². The van der Waals surface area contributed by atoms with Crippen LogP contribution in [0.2, 0.25) is 0 Å². The van der Waals surface area contributed by atoms with E-state index >= 15 is 0 Å². The minimum Gasteiger partial charge on any atom is -0.329 e. The Hall–Kier alpha value is -1.15. The molecular formula is C14H19NO. The van der Waals surface area contributed by atoms with Crippen molar-refractivity contribution in [1.82, 2.24) is 0 Å². The molecule has 1 aromatic carbocycles. The summed E-state index contributed by atoms with van der Waals surface area (Å²) in [4.78, 5) is 12.2. The zero-order valence-corrected chi connectivity index (χ0v) is 9.83. The fourth-order valence-electron chi connectivity index (χ4n) is 2.28. The monoisotopic (exact) mass is 217 g/mol. The SMILES string of the molecule is Cc1ccc(CC(=O)C2(CN)CCC2)cc1. The van der Waals surface area contributed by atoms with Crippen molar-refractivity contribution in [3.8, 4) is 0 Å². The highest BCUT2D eigenvalue weighted by atomic mass is 16.1. The van der Waals surface area contributed by atoms with Gasteiger partial charge in [0, 0.05) is 18.4 Å². The van der Waals surface area contributed by atoms with E-state index in [9.17, 15) is 4.79 Å². The van der Waals surface area contributed by atoms with Gasteiger partial charge in [0.1, 0.15) is 5.78 Å². The molecule has 16 heavy (non-hydrogen) atoms. The summed E-state index contributed by atoms with van der Waals surface area (Å²) in [5.74, 6) is 0.324. The number of nitrogens with two attached hydrogens (primary N) is 1. The molecule has 0 atom stereocenters. The number of carbonyl (C=O) groups is 1. The molecule has 0 aliphatic heterocycles. The van der Waals surface area contributed by atoms with Crippen molar-refractivity contribution in [2.75, 3.05) is 6.54 Å². The van der Waals surface area contributed by atoms with Gasteiger partial charge in [-0.1, -0.05) is 36.2 Å². The smallest absolute Gasteiger partial charge is 0.144 e. The van der Waals surface area contributed by atoms with Gasteiger partial charge in [-0.15, -0.1) is 0 Å². The van der Waals surface area contributed by atoms with Gasteiger partial charge in [0.05, 0.1) is 0 Å². The highest BCUT2D eigenvalue weighted by Crippen LogP contribution is 2.41. The zero-order chi connectivity index (χ0) is 11.6. The normalized spacial score (nSPS) is 17.9. The number of aryl methyl sites for hydroxylation is 1. The summed E-state index contributed by atoms with van der Waals surface area (Å²) >= 11 is 0. The highest BCUT2D eigenvalue weighted by molar-refractivity contribution is 5.87. The Kier molecular flexibility index (Phi) is 3.10. The topological polar surface area (TPSA) is 43.1 Å². The largest absolute Gasteiger partial charge is 0.329 e. The van der Waals surface area contributed by atoms with Gasteiger partial charge in [0.15, 0.2) is 0 Å². The molecule has 1 aromatic rings. The van der Waals surface area contributed by atoms with Crippen LogP contribution in [-0.2, 0) is 11.2 Å². The summed E-state index contributed by atoms with van der Waals surface area (Å²) in [6, 6.07) is 8.18. The molecular weight excluding hydrogens is 198 g/mol. The molecule has 0 radical (unpaired) electrons. The number of ketones is 1. The molecule has 0 unspecified atom stereocenters. The second-order valence-corrected chi connectivity index (χ2v) is 4.92. The van der Waals surface area contributed by atoms with Crippen LogP contribution >= 0.6 is 0 Å². The molecule has 2 rings (SSSR count). The molecule has 0 spiro atoms. The quantitative estimate of drug-likeness (QED) is 0.840. The third kappa shape index (κ3) is 2.03. The molecule has 0 saturated heterocycles. The third-order valence-corrected chi connectivity index (χ3v) is 3.78. The molecule has 1 aliphatic carbocycles. The Balaban J connectivity index is 2.04. The fraction of sp³-hybridized carbons (Fsp3) is 0.500. The van der Waals surface area contributed by atoms with Crippen LogP contribution in [0.5, 0.6) is 0 Å². The molecule has 2 heteroatoms. The van der Waals surface area contributed by atoms with Crippen molar-refractivity contribution in [1.29, 1.82) is 0 Å². The first-order valence-electron chi connectivity index (χ1n) is 5.95. The second kappa shape index (κ2) is 4.38. The highest BCUT2D eigenvalue weighted by Gasteiger charge is 2.41. The molecule has 0 bridgehead atoms. The van der Waals surface area contributed by atoms with Crippen molar-refractivity contribution in [2.45, 2.75) is 32.6 Å². The Morgan fingerprint density at radius 1 is 1.31 bits per heavy atom. The van der Waals surface area contributed by atoms with Gasteiger partial charge in [-0.3, -0.25) is 4.79 Å². The first-order chi connectivity index (χ1) is 7.66. The number of carbonyl (C=O) groups excluding carboxylic acids is 1. The summed E-state index contributed by atoms with van der Waals surface area (Å²) in [7, 11) is 0. The summed E-state index contributed by atoms with van der Waals surface area (Å²) in [6.07, 6.45) is 3.65. The standard InChI is InChI=1S/C14H19NO/c1-11-3-5-12(6-4-11)9-13(16)14(10-15)7-2-8-14/h3-6H,2,7-10,15H2,1H3. The average molecular weight is 217 g/mol. The lowest BCUT2D eigenvalue weighted by Gasteiger charge is -2.39. The van der Waals surface area contributed by atoms with Gasteiger partial charge < -0.3 is 5.73 Å². The summed E-state index contributed by atoms with van der Waals surface area (Å²) in [6.45, 7) is 2.57. The Labute approximate surface area is 96.8 Å². The van der Waals surface area contributed by atoms with E-state index in [-0.39, 0.29) is 5.41 Å². The van der Waals surface area contributed by atoms with Gasteiger partial charge >= 0.3 is 0 Å². The maximum atomic E-state index is 12.2. The van der Waals surface area contributed by atoms with Crippen LogP contribution in [-0.4, -0.2) is 12.3 Å². The van der Waals surface area contributed by atoms with Gasteiger partial charge in [-0.2, -0.15) is 0 Å². The summed E-state index contributed by atoms with van der Waals surface area (Å²) in [5.41, 5.74) is 7.87. The predicted octanol–water partition coefficient (Wildman–Crippen LogP) is 2.24. The van der Waals surface area contributed by atoms with Gasteiger partial charge in [-0.05, 0) is 25.3 Å². The number of rotatable bonds is 4. The van der Waals surface area contributed by atoms with E-state index < -0.39 is 0 Å². The van der Waals surface area contributed by atoms with Crippen LogP contribution < -0.4 is 5.73 Å². The number of Topliss-reactive ketones (excluding diaryl/α,β-unsaturated/α-hetero) is 1. The van der Waals surface area contributed by atoms with Crippen molar-refractivity contribution in [2.24, 2.45) is 11.1 Å². The summed E-state index contributed by atoms with van der Waals surface area (Å²) < 4.78 is 0. The van der Waals surface area contributed by atoms with Crippen molar-refractivity contribution >= 4 is 5.78 Å². The van der Waals surface area contributed by atoms with Gasteiger partial charge in [0.25, 0.3) is 0 Å². The van der Waals surface area contributed by atoms with Crippen LogP contribution in [0.15, 0.2) is 24.3 Å². The van der Waals surface area contributed by atoms with E-state index in [0.29, 0.717) is 18.7 Å². The lowest BCUT2D eigenvalue weighted by molar-refractivity contribution is -0.132. The van der Waals surface area contributed by atoms with Crippen LogP contribution in [0.25, 0.3) is 0 Å². The Bertz CT molecular complexity index is 371. The maximum Gasteiger partial charge on any atom is 0.144 e. The van der Waals surface area contributed by atoms with Crippen molar-refractivity contribution in [3.05, 3.63) is 35.4 Å².